The molecule has 57 heavy (non-hydrogen) atoms. The smallest absolute Gasteiger partial charge is 0.0434 e. The van der Waals surface area contributed by atoms with E-state index in [9.17, 15) is 0 Å². The van der Waals surface area contributed by atoms with Gasteiger partial charge in [-0.2, -0.15) is 0 Å². The van der Waals surface area contributed by atoms with Gasteiger partial charge in [-0.1, -0.05) is 176 Å². The number of allylic oxidation sites excluding steroid dienone is 2. The molecule has 0 fully saturated rings. The van der Waals surface area contributed by atoms with E-state index < -0.39 is 0 Å². The lowest BCUT2D eigenvalue weighted by Crippen LogP contribution is -1.96. The van der Waals surface area contributed by atoms with Crippen LogP contribution in [0.15, 0.2) is 189 Å². The minimum absolute atomic E-state index is 0.851. The summed E-state index contributed by atoms with van der Waals surface area (Å²) in [7, 11) is 0. The van der Waals surface area contributed by atoms with Gasteiger partial charge in [0.05, 0.1) is 0 Å². The summed E-state index contributed by atoms with van der Waals surface area (Å²) in [6.07, 6.45) is 3.24. The van der Waals surface area contributed by atoms with Gasteiger partial charge in [-0.15, -0.1) is 22.7 Å². The van der Waals surface area contributed by atoms with Crippen LogP contribution in [-0.2, 0) is 0 Å². The molecule has 9 aromatic carbocycles. The SMILES string of the molecule is C=C1CC=C(c2cccc(-c3cccc4c3sc3c(-c5ccc6c7ccccc7c7ccccc7c6c5)cccc34)c2)c2sc3c(-c4ccccc4)cccc3c21. The van der Waals surface area contributed by atoms with E-state index in [2.05, 4.69) is 189 Å². The lowest BCUT2D eigenvalue weighted by atomic mass is 9.87. The number of hydrogen-bond acceptors (Lipinski definition) is 2. The lowest BCUT2D eigenvalue weighted by Gasteiger charge is -2.17. The van der Waals surface area contributed by atoms with Crippen LogP contribution >= 0.6 is 22.7 Å². The predicted octanol–water partition coefficient (Wildman–Crippen LogP) is 16.6. The average Bonchev–Trinajstić information content (AvgIpc) is 3.87. The molecule has 0 saturated carbocycles. The van der Waals surface area contributed by atoms with Crippen molar-refractivity contribution in [3.8, 4) is 33.4 Å². The van der Waals surface area contributed by atoms with Gasteiger partial charge in [0.1, 0.15) is 0 Å². The summed E-state index contributed by atoms with van der Waals surface area (Å²) in [4.78, 5) is 1.32. The Labute approximate surface area is 338 Å². The molecule has 0 radical (unpaired) electrons. The molecule has 1 aliphatic rings. The fourth-order valence-corrected chi connectivity index (χ4v) is 12.2. The van der Waals surface area contributed by atoms with Gasteiger partial charge >= 0.3 is 0 Å². The van der Waals surface area contributed by atoms with Crippen LogP contribution in [0.2, 0.25) is 0 Å². The third-order valence-corrected chi connectivity index (χ3v) is 14.6. The Morgan fingerprint density at radius 3 is 1.49 bits per heavy atom. The molecule has 0 spiro atoms. The van der Waals surface area contributed by atoms with E-state index in [1.165, 1.54) is 123 Å². The van der Waals surface area contributed by atoms with Crippen LogP contribution in [0.4, 0.5) is 0 Å². The van der Waals surface area contributed by atoms with Crippen molar-refractivity contribution >= 4 is 96.4 Å². The van der Waals surface area contributed by atoms with Gasteiger partial charge in [-0.3, -0.25) is 0 Å². The fourth-order valence-electron chi connectivity index (χ4n) is 9.38. The Bertz CT molecular complexity index is 3470. The zero-order valence-corrected chi connectivity index (χ0v) is 32.7. The standard InChI is InChI=1S/C55H34S2/c1-33-27-29-41(55-51(33)49-26-12-21-38(54(49)57-55)34-13-3-2-4-14-34)36-16-9-15-35(31-36)39-22-10-24-47-48-25-11-23-40(53(48)56-52(39)47)37-28-30-46-44-19-6-5-17-42(44)43-18-7-8-20-45(43)50(46)32-37/h2-26,28-32H,1,27H2. The molecule has 2 heteroatoms. The molecule has 0 saturated heterocycles. The summed E-state index contributed by atoms with van der Waals surface area (Å²) in [6, 6.07) is 65.1. The Morgan fingerprint density at radius 2 is 0.825 bits per heavy atom. The van der Waals surface area contributed by atoms with Crippen molar-refractivity contribution in [3.05, 3.63) is 205 Å². The Morgan fingerprint density at radius 1 is 0.351 bits per heavy atom. The number of rotatable bonds is 4. The van der Waals surface area contributed by atoms with E-state index >= 15 is 0 Å². The van der Waals surface area contributed by atoms with E-state index in [1.54, 1.807) is 0 Å². The van der Waals surface area contributed by atoms with Crippen LogP contribution < -0.4 is 0 Å². The summed E-state index contributed by atoms with van der Waals surface area (Å²) >= 11 is 3.83. The summed E-state index contributed by atoms with van der Waals surface area (Å²) in [5.74, 6) is 0. The maximum absolute atomic E-state index is 4.56. The van der Waals surface area contributed by atoms with Crippen molar-refractivity contribution in [1.29, 1.82) is 0 Å². The number of thiophene rings is 2. The number of fused-ring (bicyclic) bond motifs is 12. The lowest BCUT2D eigenvalue weighted by molar-refractivity contribution is 1.38. The van der Waals surface area contributed by atoms with Crippen molar-refractivity contribution in [1.82, 2.24) is 0 Å². The first-order chi connectivity index (χ1) is 28.2. The maximum atomic E-state index is 4.56. The van der Waals surface area contributed by atoms with Gasteiger partial charge in [0, 0.05) is 40.7 Å². The molecule has 11 aromatic rings. The molecular formula is C55H34S2. The Kier molecular flexibility index (Phi) is 7.29. The average molecular weight is 759 g/mol. The Hall–Kier alpha value is -6.58. The highest BCUT2D eigenvalue weighted by molar-refractivity contribution is 7.27. The van der Waals surface area contributed by atoms with E-state index in [1.807, 2.05) is 22.7 Å². The van der Waals surface area contributed by atoms with Gasteiger partial charge in [-0.25, -0.2) is 0 Å². The second kappa shape index (κ2) is 12.7. The van der Waals surface area contributed by atoms with Crippen molar-refractivity contribution in [2.45, 2.75) is 6.42 Å². The van der Waals surface area contributed by atoms with Crippen molar-refractivity contribution in [3.63, 3.8) is 0 Å². The fraction of sp³-hybridized carbons (Fsp3) is 0.0182. The molecule has 0 atom stereocenters. The molecule has 0 aliphatic heterocycles. The third-order valence-electron chi connectivity index (χ3n) is 12.0. The van der Waals surface area contributed by atoms with E-state index in [-0.39, 0.29) is 0 Å². The van der Waals surface area contributed by atoms with Crippen LogP contribution in [0.5, 0.6) is 0 Å². The largest absolute Gasteiger partial charge is 0.134 e. The van der Waals surface area contributed by atoms with Crippen molar-refractivity contribution in [2.75, 3.05) is 0 Å². The predicted molar refractivity (Wildman–Crippen MR) is 251 cm³/mol. The monoisotopic (exact) mass is 758 g/mol. The molecule has 0 N–H and O–H groups in total. The highest BCUT2D eigenvalue weighted by Crippen LogP contribution is 2.50. The quantitative estimate of drug-likeness (QED) is 0.157. The minimum Gasteiger partial charge on any atom is -0.134 e. The highest BCUT2D eigenvalue weighted by Gasteiger charge is 2.24. The van der Waals surface area contributed by atoms with E-state index in [0.717, 1.165) is 6.42 Å². The molecule has 0 amide bonds. The number of hydrogen-bond donors (Lipinski definition) is 0. The topological polar surface area (TPSA) is 0 Å². The van der Waals surface area contributed by atoms with Crippen LogP contribution in [0.3, 0.4) is 0 Å². The molecule has 0 bridgehead atoms. The molecule has 2 aromatic heterocycles. The zero-order chi connectivity index (χ0) is 37.6. The minimum atomic E-state index is 0.851. The molecule has 0 nitrogen and oxygen atoms in total. The zero-order valence-electron chi connectivity index (χ0n) is 31.1. The summed E-state index contributed by atoms with van der Waals surface area (Å²) in [5.41, 5.74) is 12.7. The maximum Gasteiger partial charge on any atom is 0.0434 e. The molecule has 1 aliphatic carbocycles. The van der Waals surface area contributed by atoms with Gasteiger partial charge in [0.2, 0.25) is 0 Å². The van der Waals surface area contributed by atoms with Crippen molar-refractivity contribution in [2.24, 2.45) is 0 Å². The van der Waals surface area contributed by atoms with Crippen LogP contribution in [0.25, 0.3) is 107 Å². The Balaban J connectivity index is 0.992. The van der Waals surface area contributed by atoms with E-state index in [0.29, 0.717) is 0 Å². The van der Waals surface area contributed by atoms with Gasteiger partial charge in [0.15, 0.2) is 0 Å². The summed E-state index contributed by atoms with van der Waals surface area (Å²) in [6.45, 7) is 4.56. The molecule has 12 rings (SSSR count). The number of benzene rings is 9. The van der Waals surface area contributed by atoms with Crippen LogP contribution in [0.1, 0.15) is 22.4 Å². The van der Waals surface area contributed by atoms with Gasteiger partial charge in [0.25, 0.3) is 0 Å². The first-order valence-electron chi connectivity index (χ1n) is 19.6. The first-order valence-corrected chi connectivity index (χ1v) is 21.2. The second-order valence-electron chi connectivity index (χ2n) is 15.2. The molecule has 266 valence electrons. The summed E-state index contributed by atoms with van der Waals surface area (Å²) in [5, 5.41) is 11.8. The second-order valence-corrected chi connectivity index (χ2v) is 17.2. The third kappa shape index (κ3) is 4.98. The van der Waals surface area contributed by atoms with Gasteiger partial charge in [-0.05, 0) is 101 Å². The molecule has 2 heterocycles. The van der Waals surface area contributed by atoms with Gasteiger partial charge < -0.3 is 0 Å². The highest BCUT2D eigenvalue weighted by atomic mass is 32.1. The van der Waals surface area contributed by atoms with Crippen LogP contribution in [-0.4, -0.2) is 0 Å². The molecular weight excluding hydrogens is 725 g/mol. The van der Waals surface area contributed by atoms with E-state index in [4.69, 9.17) is 0 Å². The van der Waals surface area contributed by atoms with Crippen molar-refractivity contribution < 1.29 is 0 Å². The normalized spacial score (nSPS) is 13.0. The molecule has 0 unspecified atom stereocenters. The first kappa shape index (κ1) is 32.6. The van der Waals surface area contributed by atoms with Crippen LogP contribution in [0, 0.1) is 0 Å². The summed E-state index contributed by atoms with van der Waals surface area (Å²) < 4.78 is 3.99.